The topological polar surface area (TPSA) is 46.5 Å². The first-order chi connectivity index (χ1) is 11.7. The molecule has 2 heterocycles. The van der Waals surface area contributed by atoms with Crippen LogP contribution in [0, 0.1) is 0 Å². The van der Waals surface area contributed by atoms with Gasteiger partial charge >= 0.3 is 0 Å². The van der Waals surface area contributed by atoms with Crippen LogP contribution < -0.4 is 5.32 Å². The quantitative estimate of drug-likeness (QED) is 0.886. The summed E-state index contributed by atoms with van der Waals surface area (Å²) in [7, 11) is 1.68. The van der Waals surface area contributed by atoms with Crippen LogP contribution in [0.15, 0.2) is 42.6 Å². The van der Waals surface area contributed by atoms with Crippen molar-refractivity contribution in [1.29, 1.82) is 0 Å². The van der Waals surface area contributed by atoms with Gasteiger partial charge in [-0.25, -0.2) is 0 Å². The molecule has 2 aromatic rings. The van der Waals surface area contributed by atoms with E-state index in [1.165, 1.54) is 5.69 Å². The maximum absolute atomic E-state index is 12.4. The Morgan fingerprint density at radius 1 is 1.21 bits per heavy atom. The zero-order chi connectivity index (χ0) is 16.9. The molecule has 0 spiro atoms. The summed E-state index contributed by atoms with van der Waals surface area (Å²) < 4.78 is 7.48. The smallest absolute Gasteiger partial charge is 0.234 e. The zero-order valence-corrected chi connectivity index (χ0v) is 14.4. The Bertz CT molecular complexity index is 695. The molecule has 5 heteroatoms. The van der Waals surface area contributed by atoms with Gasteiger partial charge in [-0.2, -0.15) is 0 Å². The molecule has 1 amide bonds. The van der Waals surface area contributed by atoms with Crippen molar-refractivity contribution in [2.75, 3.05) is 20.2 Å². The molecule has 1 aliphatic rings. The average molecular weight is 327 g/mol. The second-order valence-electron chi connectivity index (χ2n) is 6.25. The van der Waals surface area contributed by atoms with E-state index in [-0.39, 0.29) is 11.9 Å². The van der Waals surface area contributed by atoms with Gasteiger partial charge in [-0.3, -0.25) is 9.69 Å². The second-order valence-corrected chi connectivity index (χ2v) is 6.25. The van der Waals surface area contributed by atoms with Crippen LogP contribution in [0.1, 0.15) is 29.8 Å². The number of benzene rings is 1. The van der Waals surface area contributed by atoms with Crippen LogP contribution in [0.3, 0.4) is 0 Å². The summed E-state index contributed by atoms with van der Waals surface area (Å²) in [6.45, 7) is 5.53. The Morgan fingerprint density at radius 3 is 2.79 bits per heavy atom. The molecule has 128 valence electrons. The largest absolute Gasteiger partial charge is 0.380 e. The van der Waals surface area contributed by atoms with E-state index >= 15 is 0 Å². The Kier molecular flexibility index (Phi) is 5.33. The van der Waals surface area contributed by atoms with E-state index in [4.69, 9.17) is 4.74 Å². The molecule has 24 heavy (non-hydrogen) atoms. The van der Waals surface area contributed by atoms with Crippen LogP contribution in [0.25, 0.3) is 0 Å². The minimum absolute atomic E-state index is 0.0640. The summed E-state index contributed by atoms with van der Waals surface area (Å²) in [5, 5.41) is 3.04. The number of hydrogen-bond acceptors (Lipinski definition) is 3. The SMILES string of the molecule is COCc1ccccc1CNC(=O)CN1CCn2cccc2[C@@H]1C. The summed E-state index contributed by atoms with van der Waals surface area (Å²) in [5.41, 5.74) is 3.50. The molecule has 3 rings (SSSR count). The average Bonchev–Trinajstić information content (AvgIpc) is 3.06. The number of carbonyl (C=O) groups is 1. The lowest BCUT2D eigenvalue weighted by Crippen LogP contribution is -2.43. The lowest BCUT2D eigenvalue weighted by molar-refractivity contribution is -0.123. The van der Waals surface area contributed by atoms with Gasteiger partial charge in [0.2, 0.25) is 5.91 Å². The molecule has 1 aromatic heterocycles. The molecule has 1 atom stereocenters. The van der Waals surface area contributed by atoms with Gasteiger partial charge < -0.3 is 14.6 Å². The first-order valence-corrected chi connectivity index (χ1v) is 8.40. The fraction of sp³-hybridized carbons (Fsp3) is 0.421. The van der Waals surface area contributed by atoms with Gasteiger partial charge in [-0.1, -0.05) is 24.3 Å². The van der Waals surface area contributed by atoms with Gasteiger partial charge in [0.25, 0.3) is 0 Å². The Morgan fingerprint density at radius 2 is 2.00 bits per heavy atom. The van der Waals surface area contributed by atoms with Crippen LogP contribution in [0.2, 0.25) is 0 Å². The normalized spacial score (nSPS) is 17.5. The highest BCUT2D eigenvalue weighted by Crippen LogP contribution is 2.24. The molecular formula is C19H25N3O2. The van der Waals surface area contributed by atoms with Crippen molar-refractivity contribution in [1.82, 2.24) is 14.8 Å². The molecule has 0 bridgehead atoms. The van der Waals surface area contributed by atoms with E-state index in [9.17, 15) is 4.79 Å². The molecule has 1 N–H and O–H groups in total. The van der Waals surface area contributed by atoms with E-state index < -0.39 is 0 Å². The van der Waals surface area contributed by atoms with E-state index in [0.717, 1.165) is 24.2 Å². The van der Waals surface area contributed by atoms with Gasteiger partial charge in [-0.15, -0.1) is 0 Å². The summed E-state index contributed by atoms with van der Waals surface area (Å²) in [4.78, 5) is 14.6. The first-order valence-electron chi connectivity index (χ1n) is 8.40. The first kappa shape index (κ1) is 16.7. The molecule has 0 aliphatic carbocycles. The van der Waals surface area contributed by atoms with Crippen molar-refractivity contribution >= 4 is 5.91 Å². The molecule has 1 aliphatic heterocycles. The Hall–Kier alpha value is -2.11. The van der Waals surface area contributed by atoms with E-state index in [1.54, 1.807) is 7.11 Å². The van der Waals surface area contributed by atoms with Crippen molar-refractivity contribution in [2.24, 2.45) is 0 Å². The number of ether oxygens (including phenoxy) is 1. The van der Waals surface area contributed by atoms with Crippen LogP contribution >= 0.6 is 0 Å². The number of aromatic nitrogens is 1. The lowest BCUT2D eigenvalue weighted by atomic mass is 10.1. The molecular weight excluding hydrogens is 302 g/mol. The van der Waals surface area contributed by atoms with Crippen molar-refractivity contribution in [2.45, 2.75) is 32.7 Å². The summed E-state index contributed by atoms with van der Waals surface area (Å²) in [5.74, 6) is 0.0640. The minimum Gasteiger partial charge on any atom is -0.380 e. The third kappa shape index (κ3) is 3.68. The third-order valence-corrected chi connectivity index (χ3v) is 4.71. The summed E-state index contributed by atoms with van der Waals surface area (Å²) >= 11 is 0. The standard InChI is InChI=1S/C19H25N3O2/c1-15-18-8-5-9-21(18)10-11-22(15)13-19(23)20-12-16-6-3-4-7-17(16)14-24-2/h3-9,15H,10-14H2,1-2H3,(H,20,23)/t15-/m0/s1. The second kappa shape index (κ2) is 7.64. The van der Waals surface area contributed by atoms with Gasteiger partial charge in [-0.05, 0) is 30.2 Å². The number of nitrogens with one attached hydrogen (secondary N) is 1. The van der Waals surface area contributed by atoms with E-state index in [1.807, 2.05) is 24.3 Å². The molecule has 1 aromatic carbocycles. The lowest BCUT2D eigenvalue weighted by Gasteiger charge is -2.34. The molecule has 0 radical (unpaired) electrons. The van der Waals surface area contributed by atoms with Crippen LogP contribution in [-0.4, -0.2) is 35.6 Å². The monoisotopic (exact) mass is 327 g/mol. The minimum atomic E-state index is 0.0640. The molecule has 0 saturated carbocycles. The van der Waals surface area contributed by atoms with Gasteiger partial charge in [0.1, 0.15) is 0 Å². The fourth-order valence-electron chi connectivity index (χ4n) is 3.30. The molecule has 5 nitrogen and oxygen atoms in total. The summed E-state index contributed by atoms with van der Waals surface area (Å²) in [6.07, 6.45) is 2.11. The van der Waals surface area contributed by atoms with Crippen LogP contribution in [0.5, 0.6) is 0 Å². The number of methoxy groups -OCH3 is 1. The number of hydrogen-bond donors (Lipinski definition) is 1. The van der Waals surface area contributed by atoms with Gasteiger partial charge in [0.15, 0.2) is 0 Å². The zero-order valence-electron chi connectivity index (χ0n) is 14.4. The van der Waals surface area contributed by atoms with Crippen LogP contribution in [-0.2, 0) is 29.2 Å². The number of carbonyl (C=O) groups excluding carboxylic acids is 1. The van der Waals surface area contributed by atoms with E-state index in [0.29, 0.717) is 19.7 Å². The van der Waals surface area contributed by atoms with Crippen molar-refractivity contribution in [3.05, 3.63) is 59.4 Å². The number of amides is 1. The number of rotatable bonds is 6. The highest BCUT2D eigenvalue weighted by atomic mass is 16.5. The maximum atomic E-state index is 12.4. The van der Waals surface area contributed by atoms with Gasteiger partial charge in [0.05, 0.1) is 13.2 Å². The van der Waals surface area contributed by atoms with Crippen LogP contribution in [0.4, 0.5) is 0 Å². The highest BCUT2D eigenvalue weighted by Gasteiger charge is 2.24. The highest BCUT2D eigenvalue weighted by molar-refractivity contribution is 5.78. The number of fused-ring (bicyclic) bond motifs is 1. The van der Waals surface area contributed by atoms with Crippen molar-refractivity contribution in [3.63, 3.8) is 0 Å². The molecule has 0 fully saturated rings. The number of nitrogens with zero attached hydrogens (tertiary/aromatic N) is 2. The maximum Gasteiger partial charge on any atom is 0.234 e. The van der Waals surface area contributed by atoms with E-state index in [2.05, 4.69) is 40.0 Å². The Labute approximate surface area is 143 Å². The summed E-state index contributed by atoms with van der Waals surface area (Å²) in [6, 6.07) is 12.5. The predicted molar refractivity (Wildman–Crippen MR) is 93.4 cm³/mol. The van der Waals surface area contributed by atoms with Crippen molar-refractivity contribution < 1.29 is 9.53 Å². The predicted octanol–water partition coefficient (Wildman–Crippen LogP) is 2.33. The van der Waals surface area contributed by atoms with Gasteiger partial charge in [0, 0.05) is 44.7 Å². The molecule has 0 saturated heterocycles. The van der Waals surface area contributed by atoms with Crippen molar-refractivity contribution in [3.8, 4) is 0 Å². The Balaban J connectivity index is 1.55. The third-order valence-electron chi connectivity index (χ3n) is 4.71. The fourth-order valence-corrected chi connectivity index (χ4v) is 3.30. The molecule has 0 unspecified atom stereocenters.